The van der Waals surface area contributed by atoms with E-state index in [2.05, 4.69) is 36.5 Å². The van der Waals surface area contributed by atoms with Crippen LogP contribution in [0.2, 0.25) is 0 Å². The van der Waals surface area contributed by atoms with E-state index in [1.807, 2.05) is 45.0 Å². The lowest BCUT2D eigenvalue weighted by Gasteiger charge is -2.17. The highest BCUT2D eigenvalue weighted by Crippen LogP contribution is 2.20. The third-order valence-corrected chi connectivity index (χ3v) is 3.58. The summed E-state index contributed by atoms with van der Waals surface area (Å²) in [4.78, 5) is 0. The number of rotatable bonds is 8. The quantitative estimate of drug-likeness (QED) is 0.764. The molecular formula is C20H27NO2. The fraction of sp³-hybridized carbons (Fsp3) is 0.400. The van der Waals surface area contributed by atoms with E-state index in [0.29, 0.717) is 6.61 Å². The normalized spacial score (nSPS) is 12.2. The predicted octanol–water partition coefficient (Wildman–Crippen LogP) is 4.72. The Kier molecular flexibility index (Phi) is 6.48. The van der Waals surface area contributed by atoms with Crippen molar-refractivity contribution in [3.05, 3.63) is 59.7 Å². The molecule has 1 atom stereocenters. The van der Waals surface area contributed by atoms with E-state index in [1.54, 1.807) is 0 Å². The lowest BCUT2D eigenvalue weighted by atomic mass is 10.1. The molecule has 0 radical (unpaired) electrons. The molecule has 23 heavy (non-hydrogen) atoms. The maximum absolute atomic E-state index is 5.76. The highest BCUT2D eigenvalue weighted by Gasteiger charge is 2.07. The molecule has 124 valence electrons. The first-order valence-corrected chi connectivity index (χ1v) is 8.30. The second-order valence-corrected chi connectivity index (χ2v) is 5.92. The van der Waals surface area contributed by atoms with Crippen LogP contribution in [0.3, 0.4) is 0 Å². The molecule has 0 aliphatic carbocycles. The van der Waals surface area contributed by atoms with E-state index in [0.717, 1.165) is 18.0 Å². The highest BCUT2D eigenvalue weighted by molar-refractivity contribution is 5.31. The molecular weight excluding hydrogens is 286 g/mol. The molecule has 0 heterocycles. The van der Waals surface area contributed by atoms with Gasteiger partial charge < -0.3 is 14.8 Å². The van der Waals surface area contributed by atoms with Crippen LogP contribution in [0.1, 0.15) is 44.9 Å². The minimum Gasteiger partial charge on any atom is -0.494 e. The van der Waals surface area contributed by atoms with Crippen LogP contribution in [0.15, 0.2) is 48.5 Å². The smallest absolute Gasteiger partial charge is 0.120 e. The molecule has 0 spiro atoms. The summed E-state index contributed by atoms with van der Waals surface area (Å²) in [6, 6.07) is 16.8. The molecule has 0 bridgehead atoms. The summed E-state index contributed by atoms with van der Waals surface area (Å²) in [5, 5.41) is 3.55. The lowest BCUT2D eigenvalue weighted by Crippen LogP contribution is -2.18. The molecule has 0 saturated heterocycles. The molecule has 0 aliphatic heterocycles. The maximum atomic E-state index is 5.76. The first-order valence-electron chi connectivity index (χ1n) is 8.30. The van der Waals surface area contributed by atoms with Crippen molar-refractivity contribution >= 4 is 0 Å². The van der Waals surface area contributed by atoms with E-state index in [4.69, 9.17) is 9.47 Å². The maximum Gasteiger partial charge on any atom is 0.120 e. The molecule has 0 aliphatic rings. The summed E-state index contributed by atoms with van der Waals surface area (Å²) in [7, 11) is 0. The average molecular weight is 313 g/mol. The molecule has 0 unspecified atom stereocenters. The fourth-order valence-corrected chi connectivity index (χ4v) is 2.39. The van der Waals surface area contributed by atoms with Crippen molar-refractivity contribution in [1.82, 2.24) is 5.32 Å². The van der Waals surface area contributed by atoms with Gasteiger partial charge >= 0.3 is 0 Å². The van der Waals surface area contributed by atoms with Crippen molar-refractivity contribution in [2.45, 2.75) is 46.4 Å². The monoisotopic (exact) mass is 313 g/mol. The van der Waals surface area contributed by atoms with Gasteiger partial charge in [0.1, 0.15) is 11.5 Å². The Balaban J connectivity index is 1.92. The van der Waals surface area contributed by atoms with Gasteiger partial charge in [0.2, 0.25) is 0 Å². The van der Waals surface area contributed by atoms with Gasteiger partial charge in [-0.05, 0) is 63.1 Å². The molecule has 1 N–H and O–H groups in total. The van der Waals surface area contributed by atoms with Gasteiger partial charge in [0, 0.05) is 12.6 Å². The molecule has 2 aromatic rings. The number of hydrogen-bond donors (Lipinski definition) is 1. The first kappa shape index (κ1) is 17.4. The number of ether oxygens (including phenoxy) is 2. The predicted molar refractivity (Wildman–Crippen MR) is 95.1 cm³/mol. The van der Waals surface area contributed by atoms with Gasteiger partial charge in [-0.1, -0.05) is 24.3 Å². The van der Waals surface area contributed by atoms with Crippen LogP contribution < -0.4 is 14.8 Å². The van der Waals surface area contributed by atoms with Crippen molar-refractivity contribution in [3.8, 4) is 11.5 Å². The number of hydrogen-bond acceptors (Lipinski definition) is 3. The van der Waals surface area contributed by atoms with Crippen molar-refractivity contribution in [2.75, 3.05) is 6.61 Å². The van der Waals surface area contributed by atoms with E-state index < -0.39 is 0 Å². The van der Waals surface area contributed by atoms with Gasteiger partial charge in [0.05, 0.1) is 12.7 Å². The van der Waals surface area contributed by atoms with Crippen LogP contribution >= 0.6 is 0 Å². The average Bonchev–Trinajstić information content (AvgIpc) is 2.54. The molecule has 0 amide bonds. The Morgan fingerprint density at radius 3 is 2.35 bits per heavy atom. The van der Waals surface area contributed by atoms with E-state index in [1.165, 1.54) is 11.1 Å². The summed E-state index contributed by atoms with van der Waals surface area (Å²) in [6.07, 6.45) is 0.192. The van der Waals surface area contributed by atoms with Crippen LogP contribution in [0.5, 0.6) is 11.5 Å². The summed E-state index contributed by atoms with van der Waals surface area (Å²) in [6.45, 7) is 9.77. The standard InChI is InChI=1S/C20H27NO2/c1-5-22-19-11-9-17(10-12-19)14-21-16(4)18-7-6-8-20(13-18)23-15(2)3/h6-13,15-16,21H,5,14H2,1-4H3/t16-/m0/s1. The summed E-state index contributed by atoms with van der Waals surface area (Å²) >= 11 is 0. The minimum absolute atomic E-state index is 0.192. The van der Waals surface area contributed by atoms with Gasteiger partial charge in [0.25, 0.3) is 0 Å². The Bertz CT molecular complexity index is 593. The Morgan fingerprint density at radius 2 is 1.70 bits per heavy atom. The van der Waals surface area contributed by atoms with Crippen LogP contribution in [0.25, 0.3) is 0 Å². The molecule has 3 nitrogen and oxygen atoms in total. The topological polar surface area (TPSA) is 30.5 Å². The first-order chi connectivity index (χ1) is 11.1. The van der Waals surface area contributed by atoms with Gasteiger partial charge in [-0.25, -0.2) is 0 Å². The second kappa shape index (κ2) is 8.59. The lowest BCUT2D eigenvalue weighted by molar-refractivity contribution is 0.242. The summed E-state index contributed by atoms with van der Waals surface area (Å²) in [5.41, 5.74) is 2.48. The fourth-order valence-electron chi connectivity index (χ4n) is 2.39. The van der Waals surface area contributed by atoms with Crippen molar-refractivity contribution in [3.63, 3.8) is 0 Å². The zero-order valence-corrected chi connectivity index (χ0v) is 14.5. The highest BCUT2D eigenvalue weighted by atomic mass is 16.5. The van der Waals surface area contributed by atoms with Crippen LogP contribution in [0.4, 0.5) is 0 Å². The number of benzene rings is 2. The van der Waals surface area contributed by atoms with Gasteiger partial charge in [-0.3, -0.25) is 0 Å². The van der Waals surface area contributed by atoms with Gasteiger partial charge in [-0.2, -0.15) is 0 Å². The third-order valence-electron chi connectivity index (χ3n) is 3.58. The van der Waals surface area contributed by atoms with Gasteiger partial charge in [-0.15, -0.1) is 0 Å². The number of nitrogens with one attached hydrogen (secondary N) is 1. The largest absolute Gasteiger partial charge is 0.494 e. The van der Waals surface area contributed by atoms with Crippen molar-refractivity contribution in [1.29, 1.82) is 0 Å². The second-order valence-electron chi connectivity index (χ2n) is 5.92. The molecule has 3 heteroatoms. The minimum atomic E-state index is 0.192. The van der Waals surface area contributed by atoms with Gasteiger partial charge in [0.15, 0.2) is 0 Å². The Labute approximate surface area is 139 Å². The third kappa shape index (κ3) is 5.61. The van der Waals surface area contributed by atoms with E-state index >= 15 is 0 Å². The van der Waals surface area contributed by atoms with Crippen LogP contribution in [0, 0.1) is 0 Å². The van der Waals surface area contributed by atoms with E-state index in [9.17, 15) is 0 Å². The van der Waals surface area contributed by atoms with Crippen molar-refractivity contribution < 1.29 is 9.47 Å². The van der Waals surface area contributed by atoms with Crippen molar-refractivity contribution in [2.24, 2.45) is 0 Å². The summed E-state index contributed by atoms with van der Waals surface area (Å²) in [5.74, 6) is 1.84. The zero-order chi connectivity index (χ0) is 16.7. The molecule has 2 rings (SSSR count). The van der Waals surface area contributed by atoms with Crippen LogP contribution in [-0.2, 0) is 6.54 Å². The van der Waals surface area contributed by atoms with E-state index in [-0.39, 0.29) is 12.1 Å². The Hall–Kier alpha value is -2.00. The summed E-state index contributed by atoms with van der Waals surface area (Å²) < 4.78 is 11.2. The Morgan fingerprint density at radius 1 is 0.957 bits per heavy atom. The molecule has 0 saturated carbocycles. The molecule has 2 aromatic carbocycles. The van der Waals surface area contributed by atoms with Crippen LogP contribution in [-0.4, -0.2) is 12.7 Å². The molecule has 0 aromatic heterocycles. The molecule has 0 fully saturated rings. The zero-order valence-electron chi connectivity index (χ0n) is 14.5. The SMILES string of the molecule is CCOc1ccc(CN[C@@H](C)c2cccc(OC(C)C)c2)cc1.